The van der Waals surface area contributed by atoms with E-state index in [2.05, 4.69) is 22.4 Å². The van der Waals surface area contributed by atoms with Gasteiger partial charge < -0.3 is 9.73 Å². The lowest BCUT2D eigenvalue weighted by Gasteiger charge is -2.12. The second kappa shape index (κ2) is 5.85. The van der Waals surface area contributed by atoms with Gasteiger partial charge in [-0.2, -0.15) is 0 Å². The zero-order chi connectivity index (χ0) is 16.5. The molecule has 0 radical (unpaired) electrons. The maximum absolute atomic E-state index is 12.2. The number of aromatic amines is 1. The van der Waals surface area contributed by atoms with Crippen LogP contribution in [-0.4, -0.2) is 10.9 Å². The molecule has 5 nitrogen and oxygen atoms in total. The fraction of sp³-hybridized carbons (Fsp3) is 0.158. The third-order valence-corrected chi connectivity index (χ3v) is 4.32. The number of hydrogen-bond acceptors (Lipinski definition) is 3. The number of rotatable bonds is 3. The van der Waals surface area contributed by atoms with Crippen LogP contribution in [0.2, 0.25) is 0 Å². The number of aromatic nitrogens is 1. The number of benzene rings is 2. The Morgan fingerprint density at radius 3 is 3.04 bits per heavy atom. The van der Waals surface area contributed by atoms with Crippen molar-refractivity contribution in [1.82, 2.24) is 10.3 Å². The van der Waals surface area contributed by atoms with E-state index in [1.807, 2.05) is 12.1 Å². The van der Waals surface area contributed by atoms with E-state index in [9.17, 15) is 9.59 Å². The molecule has 4 rings (SSSR count). The van der Waals surface area contributed by atoms with Gasteiger partial charge in [0.1, 0.15) is 0 Å². The van der Waals surface area contributed by atoms with Crippen molar-refractivity contribution in [2.24, 2.45) is 0 Å². The summed E-state index contributed by atoms with van der Waals surface area (Å²) in [5.74, 6) is -0.610. The van der Waals surface area contributed by atoms with E-state index in [0.717, 1.165) is 18.4 Å². The van der Waals surface area contributed by atoms with E-state index in [0.29, 0.717) is 11.1 Å². The van der Waals surface area contributed by atoms with Gasteiger partial charge in [0, 0.05) is 6.08 Å². The highest BCUT2D eigenvalue weighted by Crippen LogP contribution is 2.30. The highest BCUT2D eigenvalue weighted by atomic mass is 16.4. The standard InChI is InChI=1S/C19H16N2O3/c22-18(20-15-8-7-13-3-1-2-4-14(13)15)10-6-12-5-9-17-16(11-12)21-19(23)24-17/h1-6,9-11,15H,7-8H2,(H,20,22)(H,21,23)/b10-6+. The Morgan fingerprint density at radius 1 is 1.25 bits per heavy atom. The lowest BCUT2D eigenvalue weighted by Crippen LogP contribution is -2.25. The molecule has 0 saturated carbocycles. The van der Waals surface area contributed by atoms with Crippen molar-refractivity contribution in [3.8, 4) is 0 Å². The number of carbonyl (C=O) groups excluding carboxylic acids is 1. The number of hydrogen-bond donors (Lipinski definition) is 2. The van der Waals surface area contributed by atoms with E-state index in [-0.39, 0.29) is 11.9 Å². The molecule has 1 atom stereocenters. The van der Waals surface area contributed by atoms with Crippen molar-refractivity contribution >= 4 is 23.1 Å². The van der Waals surface area contributed by atoms with Crippen LogP contribution in [0.25, 0.3) is 17.2 Å². The van der Waals surface area contributed by atoms with Gasteiger partial charge in [-0.1, -0.05) is 30.3 Å². The number of H-pyrrole nitrogens is 1. The summed E-state index contributed by atoms with van der Waals surface area (Å²) in [6.07, 6.45) is 5.16. The Kier molecular flexibility index (Phi) is 3.54. The average molecular weight is 320 g/mol. The van der Waals surface area contributed by atoms with Gasteiger partial charge in [0.25, 0.3) is 0 Å². The zero-order valence-electron chi connectivity index (χ0n) is 12.9. The van der Waals surface area contributed by atoms with Crippen molar-refractivity contribution in [3.63, 3.8) is 0 Å². The lowest BCUT2D eigenvalue weighted by atomic mass is 10.1. The van der Waals surface area contributed by atoms with Gasteiger partial charge in [-0.3, -0.25) is 9.78 Å². The molecule has 120 valence electrons. The SMILES string of the molecule is O=C(/C=C/c1ccc2oc(=O)[nH]c2c1)NC1CCc2ccccc21. The molecular formula is C19H16N2O3. The molecule has 1 amide bonds. The quantitative estimate of drug-likeness (QED) is 0.729. The number of nitrogens with one attached hydrogen (secondary N) is 2. The van der Waals surface area contributed by atoms with Crippen LogP contribution in [0.3, 0.4) is 0 Å². The highest BCUT2D eigenvalue weighted by molar-refractivity contribution is 5.92. The summed E-state index contributed by atoms with van der Waals surface area (Å²) in [5, 5.41) is 3.04. The van der Waals surface area contributed by atoms with E-state index < -0.39 is 5.76 Å². The molecule has 0 saturated heterocycles. The van der Waals surface area contributed by atoms with Gasteiger partial charge in [-0.05, 0) is 47.7 Å². The van der Waals surface area contributed by atoms with Gasteiger partial charge in [-0.25, -0.2) is 4.79 Å². The van der Waals surface area contributed by atoms with Gasteiger partial charge in [0.15, 0.2) is 5.58 Å². The highest BCUT2D eigenvalue weighted by Gasteiger charge is 2.22. The fourth-order valence-electron chi connectivity index (χ4n) is 3.17. The number of aryl methyl sites for hydroxylation is 1. The molecule has 1 aliphatic rings. The van der Waals surface area contributed by atoms with Crippen molar-refractivity contribution in [1.29, 1.82) is 0 Å². The van der Waals surface area contributed by atoms with Crippen molar-refractivity contribution < 1.29 is 9.21 Å². The first kappa shape index (κ1) is 14.5. The zero-order valence-corrected chi connectivity index (χ0v) is 12.9. The van der Waals surface area contributed by atoms with Gasteiger partial charge >= 0.3 is 5.76 Å². The summed E-state index contributed by atoms with van der Waals surface area (Å²) < 4.78 is 4.96. The summed E-state index contributed by atoms with van der Waals surface area (Å²) in [6, 6.07) is 13.6. The summed E-state index contributed by atoms with van der Waals surface area (Å²) in [4.78, 5) is 25.9. The summed E-state index contributed by atoms with van der Waals surface area (Å²) in [6.45, 7) is 0. The van der Waals surface area contributed by atoms with Crippen LogP contribution in [0.4, 0.5) is 0 Å². The van der Waals surface area contributed by atoms with Crippen LogP contribution in [0, 0.1) is 0 Å². The Balaban J connectivity index is 1.47. The van der Waals surface area contributed by atoms with Crippen LogP contribution in [0.15, 0.2) is 57.8 Å². The minimum atomic E-state index is -0.483. The molecule has 5 heteroatoms. The fourth-order valence-corrected chi connectivity index (χ4v) is 3.17. The first-order valence-electron chi connectivity index (χ1n) is 7.88. The van der Waals surface area contributed by atoms with Gasteiger partial charge in [-0.15, -0.1) is 0 Å². The topological polar surface area (TPSA) is 75.1 Å². The molecule has 0 fully saturated rings. The molecule has 1 aliphatic carbocycles. The maximum Gasteiger partial charge on any atom is 0.417 e. The Labute approximate surface area is 138 Å². The largest absolute Gasteiger partial charge is 0.417 e. The molecule has 1 unspecified atom stereocenters. The summed E-state index contributed by atoms with van der Waals surface area (Å²) >= 11 is 0. The second-order valence-electron chi connectivity index (χ2n) is 5.90. The molecule has 2 N–H and O–H groups in total. The second-order valence-corrected chi connectivity index (χ2v) is 5.90. The smallest absolute Gasteiger partial charge is 0.408 e. The Bertz CT molecular complexity index is 997. The maximum atomic E-state index is 12.2. The molecule has 0 bridgehead atoms. The van der Waals surface area contributed by atoms with Crippen LogP contribution >= 0.6 is 0 Å². The minimum absolute atomic E-state index is 0.0751. The molecule has 24 heavy (non-hydrogen) atoms. The molecule has 2 aromatic carbocycles. The Hall–Kier alpha value is -3.08. The first-order valence-corrected chi connectivity index (χ1v) is 7.88. The number of amides is 1. The van der Waals surface area contributed by atoms with E-state index in [1.54, 1.807) is 24.3 Å². The van der Waals surface area contributed by atoms with Crippen molar-refractivity contribution in [3.05, 3.63) is 75.8 Å². The number of carbonyl (C=O) groups is 1. The molecule has 0 spiro atoms. The van der Waals surface area contributed by atoms with Gasteiger partial charge in [0.2, 0.25) is 5.91 Å². The third-order valence-electron chi connectivity index (χ3n) is 4.32. The van der Waals surface area contributed by atoms with Crippen LogP contribution in [-0.2, 0) is 11.2 Å². The normalized spacial score (nSPS) is 16.6. The number of fused-ring (bicyclic) bond motifs is 2. The average Bonchev–Trinajstić information content (AvgIpc) is 3.15. The number of oxazole rings is 1. The predicted octanol–water partition coefficient (Wildman–Crippen LogP) is 2.94. The molecular weight excluding hydrogens is 304 g/mol. The monoisotopic (exact) mass is 320 g/mol. The molecule has 1 heterocycles. The van der Waals surface area contributed by atoms with E-state index in [4.69, 9.17) is 4.42 Å². The third kappa shape index (κ3) is 2.76. The Morgan fingerprint density at radius 2 is 2.12 bits per heavy atom. The van der Waals surface area contributed by atoms with Crippen molar-refractivity contribution in [2.45, 2.75) is 18.9 Å². The first-order chi connectivity index (χ1) is 11.7. The predicted molar refractivity (Wildman–Crippen MR) is 91.5 cm³/mol. The van der Waals surface area contributed by atoms with Crippen molar-refractivity contribution in [2.75, 3.05) is 0 Å². The minimum Gasteiger partial charge on any atom is -0.408 e. The molecule has 3 aromatic rings. The lowest BCUT2D eigenvalue weighted by molar-refractivity contribution is -0.117. The molecule has 0 aliphatic heterocycles. The van der Waals surface area contributed by atoms with Gasteiger partial charge in [0.05, 0.1) is 11.6 Å². The van der Waals surface area contributed by atoms with E-state index >= 15 is 0 Å². The summed E-state index contributed by atoms with van der Waals surface area (Å²) in [5.41, 5.74) is 4.45. The summed E-state index contributed by atoms with van der Waals surface area (Å²) in [7, 11) is 0. The van der Waals surface area contributed by atoms with Crippen LogP contribution in [0.1, 0.15) is 29.2 Å². The molecule has 1 aromatic heterocycles. The van der Waals surface area contributed by atoms with E-state index in [1.165, 1.54) is 17.2 Å². The van der Waals surface area contributed by atoms with Crippen LogP contribution in [0.5, 0.6) is 0 Å². The van der Waals surface area contributed by atoms with Crippen LogP contribution < -0.4 is 11.1 Å².